The van der Waals surface area contributed by atoms with Gasteiger partial charge in [-0.25, -0.2) is 0 Å². The Balaban J connectivity index is 2.22. The van der Waals surface area contributed by atoms with Crippen LogP contribution in [0, 0.1) is 6.92 Å². The molecular formula is C14H21N3O2. The average molecular weight is 263 g/mol. The van der Waals surface area contributed by atoms with Crippen LogP contribution in [0.4, 0.5) is 0 Å². The molecule has 0 radical (unpaired) electrons. The fourth-order valence-electron chi connectivity index (χ4n) is 2.52. The maximum atomic E-state index is 12.6. The van der Waals surface area contributed by atoms with Gasteiger partial charge in [-0.2, -0.15) is 0 Å². The first-order chi connectivity index (χ1) is 9.02. The summed E-state index contributed by atoms with van der Waals surface area (Å²) in [6.07, 6.45) is 0. The van der Waals surface area contributed by atoms with E-state index in [2.05, 4.69) is 4.90 Å². The molecular weight excluding hydrogens is 242 g/mol. The van der Waals surface area contributed by atoms with Gasteiger partial charge in [0.15, 0.2) is 0 Å². The molecule has 1 aliphatic heterocycles. The summed E-state index contributed by atoms with van der Waals surface area (Å²) in [4.78, 5) is 16.6. The Labute approximate surface area is 113 Å². The Morgan fingerprint density at radius 3 is 2.84 bits per heavy atom. The summed E-state index contributed by atoms with van der Waals surface area (Å²) < 4.78 is 0. The molecule has 1 aliphatic rings. The zero-order valence-electron chi connectivity index (χ0n) is 11.5. The highest BCUT2D eigenvalue weighted by Gasteiger charge is 2.29. The summed E-state index contributed by atoms with van der Waals surface area (Å²) in [6, 6.07) is 4.90. The van der Waals surface area contributed by atoms with Crippen molar-refractivity contribution in [3.05, 3.63) is 29.3 Å². The number of hydrogen-bond acceptors (Lipinski definition) is 4. The summed E-state index contributed by atoms with van der Waals surface area (Å²) in [5, 5.41) is 9.41. The Bertz CT molecular complexity index is 476. The number of piperazine rings is 1. The third-order valence-electron chi connectivity index (χ3n) is 3.66. The summed E-state index contributed by atoms with van der Waals surface area (Å²) in [7, 11) is 2.04. The van der Waals surface area contributed by atoms with E-state index in [-0.39, 0.29) is 17.7 Å². The van der Waals surface area contributed by atoms with E-state index in [9.17, 15) is 9.90 Å². The molecule has 1 heterocycles. The third kappa shape index (κ3) is 2.88. The summed E-state index contributed by atoms with van der Waals surface area (Å²) in [5.74, 6) is 0.184. The first-order valence-electron chi connectivity index (χ1n) is 6.52. The van der Waals surface area contributed by atoms with Crippen LogP contribution in [0.25, 0.3) is 0 Å². The topological polar surface area (TPSA) is 69.8 Å². The maximum absolute atomic E-state index is 12.6. The molecule has 1 amide bonds. The number of nitrogens with zero attached hydrogens (tertiary/aromatic N) is 2. The molecule has 1 aromatic carbocycles. The van der Waals surface area contributed by atoms with Gasteiger partial charge in [0.25, 0.3) is 5.91 Å². The van der Waals surface area contributed by atoms with Gasteiger partial charge in [0.2, 0.25) is 0 Å². The number of phenols is 1. The molecule has 1 fully saturated rings. The molecule has 2 rings (SSSR count). The SMILES string of the molecule is Cc1cc(O)ccc1C(=O)N1CCN(C)CC1CN. The summed E-state index contributed by atoms with van der Waals surface area (Å²) in [6.45, 7) is 4.66. The van der Waals surface area contributed by atoms with Crippen molar-refractivity contribution in [3.8, 4) is 5.75 Å². The van der Waals surface area contributed by atoms with Crippen molar-refractivity contribution in [1.82, 2.24) is 9.80 Å². The molecule has 0 aromatic heterocycles. The van der Waals surface area contributed by atoms with Crippen LogP contribution in [0.5, 0.6) is 5.75 Å². The second kappa shape index (κ2) is 5.59. The predicted octanol–water partition coefficient (Wildman–Crippen LogP) is 0.416. The Morgan fingerprint density at radius 2 is 2.21 bits per heavy atom. The quantitative estimate of drug-likeness (QED) is 0.811. The van der Waals surface area contributed by atoms with Gasteiger partial charge in [0.05, 0.1) is 6.04 Å². The molecule has 5 heteroatoms. The fraction of sp³-hybridized carbons (Fsp3) is 0.500. The van der Waals surface area contributed by atoms with Crippen LogP contribution in [0.3, 0.4) is 0 Å². The number of likely N-dealkylation sites (N-methyl/N-ethyl adjacent to an activating group) is 1. The predicted molar refractivity (Wildman–Crippen MR) is 74.2 cm³/mol. The van der Waals surface area contributed by atoms with Crippen molar-refractivity contribution in [1.29, 1.82) is 0 Å². The normalized spacial score (nSPS) is 20.6. The highest BCUT2D eigenvalue weighted by Crippen LogP contribution is 2.19. The molecule has 1 aromatic rings. The van der Waals surface area contributed by atoms with Crippen molar-refractivity contribution in [2.75, 3.05) is 33.2 Å². The highest BCUT2D eigenvalue weighted by molar-refractivity contribution is 5.96. The second-order valence-electron chi connectivity index (χ2n) is 5.15. The number of hydrogen-bond donors (Lipinski definition) is 2. The van der Waals surface area contributed by atoms with Crippen molar-refractivity contribution in [3.63, 3.8) is 0 Å². The van der Waals surface area contributed by atoms with Crippen LogP contribution in [-0.2, 0) is 0 Å². The molecule has 1 atom stereocenters. The van der Waals surface area contributed by atoms with Gasteiger partial charge in [-0.15, -0.1) is 0 Å². The van der Waals surface area contributed by atoms with E-state index in [1.807, 2.05) is 18.9 Å². The largest absolute Gasteiger partial charge is 0.508 e. The number of nitrogens with two attached hydrogens (primary N) is 1. The van der Waals surface area contributed by atoms with Crippen LogP contribution in [-0.4, -0.2) is 60.1 Å². The van der Waals surface area contributed by atoms with Crippen molar-refractivity contribution >= 4 is 5.91 Å². The number of carbonyl (C=O) groups excluding carboxylic acids is 1. The molecule has 5 nitrogen and oxygen atoms in total. The van der Waals surface area contributed by atoms with Crippen LogP contribution in [0.15, 0.2) is 18.2 Å². The van der Waals surface area contributed by atoms with Gasteiger partial charge in [-0.05, 0) is 37.7 Å². The minimum atomic E-state index is 0.000972. The molecule has 0 saturated carbocycles. The molecule has 0 aliphatic carbocycles. The fourth-order valence-corrected chi connectivity index (χ4v) is 2.52. The van der Waals surface area contributed by atoms with Gasteiger partial charge >= 0.3 is 0 Å². The van der Waals surface area contributed by atoms with Gasteiger partial charge in [-0.3, -0.25) is 4.79 Å². The lowest BCUT2D eigenvalue weighted by molar-refractivity contribution is 0.0515. The lowest BCUT2D eigenvalue weighted by Gasteiger charge is -2.39. The van der Waals surface area contributed by atoms with Gasteiger partial charge < -0.3 is 20.6 Å². The number of carbonyl (C=O) groups is 1. The Morgan fingerprint density at radius 1 is 1.47 bits per heavy atom. The standard InChI is InChI=1S/C14H21N3O2/c1-10-7-12(18)3-4-13(10)14(19)17-6-5-16(2)9-11(17)8-15/h3-4,7,11,18H,5-6,8-9,15H2,1-2H3. The van der Waals surface area contributed by atoms with Crippen LogP contribution >= 0.6 is 0 Å². The van der Waals surface area contributed by atoms with Crippen molar-refractivity contribution in [2.45, 2.75) is 13.0 Å². The zero-order chi connectivity index (χ0) is 14.0. The van der Waals surface area contributed by atoms with Crippen molar-refractivity contribution < 1.29 is 9.90 Å². The van der Waals surface area contributed by atoms with Gasteiger partial charge in [-0.1, -0.05) is 0 Å². The number of benzene rings is 1. The number of rotatable bonds is 2. The zero-order valence-corrected chi connectivity index (χ0v) is 11.5. The van der Waals surface area contributed by atoms with E-state index in [4.69, 9.17) is 5.73 Å². The summed E-state index contributed by atoms with van der Waals surface area (Å²) in [5.41, 5.74) is 7.20. The second-order valence-corrected chi connectivity index (χ2v) is 5.15. The molecule has 0 spiro atoms. The monoisotopic (exact) mass is 263 g/mol. The maximum Gasteiger partial charge on any atom is 0.254 e. The minimum absolute atomic E-state index is 0.000972. The van der Waals surface area contributed by atoms with E-state index >= 15 is 0 Å². The third-order valence-corrected chi connectivity index (χ3v) is 3.66. The average Bonchev–Trinajstić information content (AvgIpc) is 2.37. The number of aryl methyl sites for hydroxylation is 1. The number of amides is 1. The van der Waals surface area contributed by atoms with E-state index in [0.717, 1.165) is 18.7 Å². The van der Waals surface area contributed by atoms with Gasteiger partial charge in [0, 0.05) is 31.7 Å². The Hall–Kier alpha value is -1.59. The molecule has 1 saturated heterocycles. The molecule has 19 heavy (non-hydrogen) atoms. The lowest BCUT2D eigenvalue weighted by atomic mass is 10.0. The van der Waals surface area contributed by atoms with Crippen LogP contribution in [0.1, 0.15) is 15.9 Å². The molecule has 3 N–H and O–H groups in total. The Kier molecular flexibility index (Phi) is 4.07. The minimum Gasteiger partial charge on any atom is -0.508 e. The van der Waals surface area contributed by atoms with E-state index < -0.39 is 0 Å². The highest BCUT2D eigenvalue weighted by atomic mass is 16.3. The summed E-state index contributed by atoms with van der Waals surface area (Å²) >= 11 is 0. The van der Waals surface area contributed by atoms with E-state index in [0.29, 0.717) is 18.7 Å². The smallest absolute Gasteiger partial charge is 0.254 e. The van der Waals surface area contributed by atoms with E-state index in [1.165, 1.54) is 0 Å². The van der Waals surface area contributed by atoms with Crippen LogP contribution in [0.2, 0.25) is 0 Å². The molecule has 1 unspecified atom stereocenters. The van der Waals surface area contributed by atoms with E-state index in [1.54, 1.807) is 18.2 Å². The number of phenolic OH excluding ortho intramolecular Hbond substituents is 1. The van der Waals surface area contributed by atoms with Crippen molar-refractivity contribution in [2.24, 2.45) is 5.73 Å². The molecule has 104 valence electrons. The number of aromatic hydroxyl groups is 1. The first kappa shape index (κ1) is 13.8. The first-order valence-corrected chi connectivity index (χ1v) is 6.52. The van der Waals surface area contributed by atoms with Crippen LogP contribution < -0.4 is 5.73 Å². The lowest BCUT2D eigenvalue weighted by Crippen LogP contribution is -2.56. The molecule has 0 bridgehead atoms. The van der Waals surface area contributed by atoms with Gasteiger partial charge in [0.1, 0.15) is 5.75 Å².